The van der Waals surface area contributed by atoms with Crippen LogP contribution >= 0.6 is 23.4 Å². The maximum absolute atomic E-state index is 13.2. The summed E-state index contributed by atoms with van der Waals surface area (Å²) in [6.07, 6.45) is 0.494. The number of hydrogen-bond donors (Lipinski definition) is 2. The number of anilines is 1. The van der Waals surface area contributed by atoms with Gasteiger partial charge >= 0.3 is 5.97 Å². The monoisotopic (exact) mass is 546 g/mol. The summed E-state index contributed by atoms with van der Waals surface area (Å²) in [4.78, 5) is 38.1. The Balaban J connectivity index is 1.38. The standard InChI is InChI=1S/C28H23ClN4O4S/c1-16-2-4-17(5-3-16)22-14-23(18-6-10-20(29)11-7-18)33(31-22)28(30)38-24-15-25(34)32(26(24)35)21-12-8-19(9-13-21)27(36)37/h2-13,23-24,30H,14-15H2,1H3,(H,36,37). The molecule has 0 bridgehead atoms. The van der Waals surface area contributed by atoms with Gasteiger partial charge in [0.05, 0.1) is 23.0 Å². The number of nitrogens with one attached hydrogen (secondary N) is 1. The molecule has 1 saturated heterocycles. The van der Waals surface area contributed by atoms with Crippen LogP contribution in [0.5, 0.6) is 0 Å². The first-order valence-electron chi connectivity index (χ1n) is 11.9. The van der Waals surface area contributed by atoms with E-state index in [4.69, 9.17) is 27.2 Å². The number of amidine groups is 1. The van der Waals surface area contributed by atoms with Gasteiger partial charge in [0.15, 0.2) is 5.17 Å². The molecule has 3 aromatic rings. The number of amides is 2. The number of carboxylic acid groups (broad SMARTS) is 1. The second-order valence-electron chi connectivity index (χ2n) is 9.06. The van der Waals surface area contributed by atoms with Crippen LogP contribution in [0, 0.1) is 12.3 Å². The van der Waals surface area contributed by atoms with Crippen LogP contribution in [0.3, 0.4) is 0 Å². The van der Waals surface area contributed by atoms with E-state index < -0.39 is 23.0 Å². The van der Waals surface area contributed by atoms with E-state index in [0.717, 1.165) is 39.1 Å². The maximum Gasteiger partial charge on any atom is 0.335 e. The average molecular weight is 547 g/mol. The number of carboxylic acids is 1. The lowest BCUT2D eigenvalue weighted by Crippen LogP contribution is -2.32. The Bertz CT molecular complexity index is 1460. The molecule has 1 fully saturated rings. The highest BCUT2D eigenvalue weighted by atomic mass is 35.5. The first-order chi connectivity index (χ1) is 18.2. The minimum atomic E-state index is -1.09. The Labute approximate surface area is 228 Å². The number of benzene rings is 3. The lowest BCUT2D eigenvalue weighted by Gasteiger charge is -2.24. The van der Waals surface area contributed by atoms with Gasteiger partial charge in [-0.1, -0.05) is 65.3 Å². The van der Waals surface area contributed by atoms with Crippen LogP contribution in [-0.4, -0.2) is 44.0 Å². The quantitative estimate of drug-likeness (QED) is 0.248. The van der Waals surface area contributed by atoms with Crippen LogP contribution in [0.1, 0.15) is 45.9 Å². The van der Waals surface area contributed by atoms with Crippen molar-refractivity contribution in [1.82, 2.24) is 5.01 Å². The molecule has 10 heteroatoms. The maximum atomic E-state index is 13.2. The first kappa shape index (κ1) is 25.7. The molecule has 0 spiro atoms. The summed E-state index contributed by atoms with van der Waals surface area (Å²) in [5.74, 6) is -1.94. The molecule has 38 heavy (non-hydrogen) atoms. The van der Waals surface area contributed by atoms with Crippen LogP contribution < -0.4 is 4.90 Å². The van der Waals surface area contributed by atoms with Gasteiger partial charge in [-0.25, -0.2) is 14.7 Å². The van der Waals surface area contributed by atoms with Crippen molar-refractivity contribution < 1.29 is 19.5 Å². The number of thioether (sulfide) groups is 1. The van der Waals surface area contributed by atoms with Gasteiger partial charge in [0, 0.05) is 17.9 Å². The molecular weight excluding hydrogens is 524 g/mol. The lowest BCUT2D eigenvalue weighted by atomic mass is 9.98. The van der Waals surface area contributed by atoms with Gasteiger partial charge in [0.1, 0.15) is 5.25 Å². The smallest absolute Gasteiger partial charge is 0.335 e. The molecule has 2 aliphatic heterocycles. The van der Waals surface area contributed by atoms with Crippen LogP contribution in [-0.2, 0) is 9.59 Å². The third-order valence-electron chi connectivity index (χ3n) is 6.49. The Hall–Kier alpha value is -3.95. The minimum Gasteiger partial charge on any atom is -0.478 e. The highest BCUT2D eigenvalue weighted by molar-refractivity contribution is 8.14. The fourth-order valence-corrected chi connectivity index (χ4v) is 5.58. The molecule has 0 radical (unpaired) electrons. The molecule has 2 N–H and O–H groups in total. The van der Waals surface area contributed by atoms with Crippen LogP contribution in [0.4, 0.5) is 5.69 Å². The normalized spacial score (nSPS) is 19.2. The van der Waals surface area contributed by atoms with Gasteiger partial charge in [0.25, 0.3) is 0 Å². The van der Waals surface area contributed by atoms with Crippen LogP contribution in [0.15, 0.2) is 77.9 Å². The van der Waals surface area contributed by atoms with Gasteiger partial charge in [-0.05, 0) is 54.4 Å². The number of hydrazone groups is 1. The number of imide groups is 1. The van der Waals surface area contributed by atoms with Gasteiger partial charge in [-0.2, -0.15) is 5.10 Å². The Morgan fingerprint density at radius 1 is 1.00 bits per heavy atom. The predicted molar refractivity (Wildman–Crippen MR) is 148 cm³/mol. The molecule has 0 saturated carbocycles. The fraction of sp³-hybridized carbons (Fsp3) is 0.179. The molecule has 0 aliphatic carbocycles. The summed E-state index contributed by atoms with van der Waals surface area (Å²) < 4.78 is 0. The Morgan fingerprint density at radius 2 is 1.66 bits per heavy atom. The molecule has 8 nitrogen and oxygen atoms in total. The molecule has 2 amide bonds. The number of nitrogens with zero attached hydrogens (tertiary/aromatic N) is 3. The summed E-state index contributed by atoms with van der Waals surface area (Å²) in [5.41, 5.74) is 4.21. The highest BCUT2D eigenvalue weighted by Crippen LogP contribution is 2.38. The summed E-state index contributed by atoms with van der Waals surface area (Å²) in [6, 6.07) is 20.7. The van der Waals surface area contributed by atoms with E-state index in [9.17, 15) is 14.4 Å². The van der Waals surface area contributed by atoms with Gasteiger partial charge in [-0.15, -0.1) is 0 Å². The van der Waals surface area contributed by atoms with Crippen molar-refractivity contribution in [3.05, 3.63) is 100 Å². The molecule has 2 heterocycles. The Kier molecular flexibility index (Phi) is 7.05. The molecule has 192 valence electrons. The van der Waals surface area contributed by atoms with Crippen molar-refractivity contribution in [2.45, 2.75) is 31.1 Å². The molecule has 3 aromatic carbocycles. The first-order valence-corrected chi connectivity index (χ1v) is 13.1. The zero-order valence-corrected chi connectivity index (χ0v) is 21.9. The zero-order valence-electron chi connectivity index (χ0n) is 20.3. The molecule has 2 aliphatic rings. The van der Waals surface area contributed by atoms with Crippen molar-refractivity contribution in [3.63, 3.8) is 0 Å². The van der Waals surface area contributed by atoms with Crippen LogP contribution in [0.25, 0.3) is 0 Å². The van der Waals surface area contributed by atoms with Gasteiger partial charge in [-0.3, -0.25) is 15.0 Å². The summed E-state index contributed by atoms with van der Waals surface area (Å²) in [7, 11) is 0. The topological polar surface area (TPSA) is 114 Å². The second kappa shape index (κ2) is 10.4. The van der Waals surface area contributed by atoms with E-state index in [-0.39, 0.29) is 23.2 Å². The van der Waals surface area contributed by atoms with E-state index in [1.54, 1.807) is 17.1 Å². The molecule has 2 atom stereocenters. The van der Waals surface area contributed by atoms with E-state index in [1.807, 2.05) is 43.3 Å². The van der Waals surface area contributed by atoms with E-state index in [2.05, 4.69) is 0 Å². The lowest BCUT2D eigenvalue weighted by molar-refractivity contribution is -0.121. The van der Waals surface area contributed by atoms with Gasteiger partial charge < -0.3 is 5.11 Å². The van der Waals surface area contributed by atoms with Crippen molar-refractivity contribution in [1.29, 1.82) is 5.41 Å². The number of aryl methyl sites for hydroxylation is 1. The van der Waals surface area contributed by atoms with E-state index >= 15 is 0 Å². The Morgan fingerprint density at radius 3 is 2.29 bits per heavy atom. The number of carbonyl (C=O) groups excluding carboxylic acids is 2. The summed E-state index contributed by atoms with van der Waals surface area (Å²) in [6.45, 7) is 2.01. The minimum absolute atomic E-state index is 0.0567. The molecule has 5 rings (SSSR count). The average Bonchev–Trinajstić information content (AvgIpc) is 3.46. The third-order valence-corrected chi connectivity index (χ3v) is 7.80. The van der Waals surface area contributed by atoms with Crippen LogP contribution in [0.2, 0.25) is 5.02 Å². The fourth-order valence-electron chi connectivity index (χ4n) is 4.47. The second-order valence-corrected chi connectivity index (χ2v) is 10.7. The van der Waals surface area contributed by atoms with E-state index in [1.165, 1.54) is 24.3 Å². The number of hydrogen-bond acceptors (Lipinski definition) is 6. The number of rotatable bonds is 5. The summed E-state index contributed by atoms with van der Waals surface area (Å²) in [5, 5.41) is 24.2. The number of carbonyl (C=O) groups is 3. The number of halogens is 1. The van der Waals surface area contributed by atoms with Crippen molar-refractivity contribution in [2.75, 3.05) is 4.90 Å². The van der Waals surface area contributed by atoms with Crippen molar-refractivity contribution in [3.8, 4) is 0 Å². The molecule has 0 aromatic heterocycles. The molecular formula is C28H23ClN4O4S. The predicted octanol–water partition coefficient (Wildman–Crippen LogP) is 5.50. The zero-order chi connectivity index (χ0) is 27.0. The third kappa shape index (κ3) is 5.07. The van der Waals surface area contributed by atoms with E-state index in [0.29, 0.717) is 17.1 Å². The van der Waals surface area contributed by atoms with Crippen molar-refractivity contribution >= 4 is 57.7 Å². The number of aromatic carboxylic acids is 1. The molecule has 2 unspecified atom stereocenters. The highest BCUT2D eigenvalue weighted by Gasteiger charge is 2.42. The summed E-state index contributed by atoms with van der Waals surface area (Å²) >= 11 is 7.09. The van der Waals surface area contributed by atoms with Crippen molar-refractivity contribution in [2.24, 2.45) is 5.10 Å². The largest absolute Gasteiger partial charge is 0.478 e. The van der Waals surface area contributed by atoms with Gasteiger partial charge in [0.2, 0.25) is 11.8 Å². The SMILES string of the molecule is Cc1ccc(C2=NN(C(=N)SC3CC(=O)N(c4ccc(C(=O)O)cc4)C3=O)C(c3ccc(Cl)cc3)C2)cc1.